The van der Waals surface area contributed by atoms with Crippen molar-refractivity contribution >= 4 is 17.5 Å². The second-order valence-corrected chi connectivity index (χ2v) is 6.01. The van der Waals surface area contributed by atoms with Crippen LogP contribution in [0.4, 0.5) is 0 Å². The number of hydrogen-bond acceptors (Lipinski definition) is 3. The van der Waals surface area contributed by atoms with Crippen molar-refractivity contribution in [1.29, 1.82) is 0 Å². The third kappa shape index (κ3) is 4.90. The van der Waals surface area contributed by atoms with Crippen LogP contribution in [0.3, 0.4) is 0 Å². The summed E-state index contributed by atoms with van der Waals surface area (Å²) >= 11 is 5.88. The Bertz CT molecular complexity index is 480. The number of aliphatic hydroxyl groups is 1. The molecule has 1 fully saturated rings. The topological polar surface area (TPSA) is 58.6 Å². The van der Waals surface area contributed by atoms with Gasteiger partial charge in [0.05, 0.1) is 6.10 Å². The molecule has 2 N–H and O–H groups in total. The number of carbonyl (C=O) groups excluding carboxylic acids is 1. The van der Waals surface area contributed by atoms with Crippen molar-refractivity contribution in [3.63, 3.8) is 0 Å². The fourth-order valence-electron chi connectivity index (χ4n) is 2.60. The summed E-state index contributed by atoms with van der Waals surface area (Å²) in [4.78, 5) is 12.0. The predicted octanol–water partition coefficient (Wildman–Crippen LogP) is 2.77. The van der Waals surface area contributed by atoms with Crippen LogP contribution in [0.25, 0.3) is 0 Å². The van der Waals surface area contributed by atoms with Crippen LogP contribution in [0.2, 0.25) is 5.02 Å². The van der Waals surface area contributed by atoms with Crippen LogP contribution in [0.15, 0.2) is 24.3 Å². The SMILES string of the molecule is CC(Oc1cccc(Cl)c1)C(=O)NCC1CCCCC1O. The molecule has 0 aliphatic heterocycles. The molecule has 0 bridgehead atoms. The zero-order chi connectivity index (χ0) is 15.2. The number of benzene rings is 1. The second kappa shape index (κ2) is 7.66. The van der Waals surface area contributed by atoms with Crippen LogP contribution in [0, 0.1) is 5.92 Å². The summed E-state index contributed by atoms with van der Waals surface area (Å²) < 4.78 is 5.56. The molecule has 1 aromatic rings. The van der Waals surface area contributed by atoms with E-state index in [1.54, 1.807) is 31.2 Å². The van der Waals surface area contributed by atoms with Crippen molar-refractivity contribution in [2.45, 2.75) is 44.8 Å². The maximum atomic E-state index is 12.0. The minimum Gasteiger partial charge on any atom is -0.481 e. The van der Waals surface area contributed by atoms with Crippen molar-refractivity contribution < 1.29 is 14.6 Å². The van der Waals surface area contributed by atoms with E-state index in [-0.39, 0.29) is 17.9 Å². The zero-order valence-corrected chi connectivity index (χ0v) is 13.0. The first-order valence-electron chi connectivity index (χ1n) is 7.44. The Kier molecular flexibility index (Phi) is 5.88. The summed E-state index contributed by atoms with van der Waals surface area (Å²) in [5, 5.41) is 13.3. The molecule has 0 saturated heterocycles. The molecule has 4 nitrogen and oxygen atoms in total. The molecule has 21 heavy (non-hydrogen) atoms. The molecule has 1 saturated carbocycles. The van der Waals surface area contributed by atoms with Crippen molar-refractivity contribution in [1.82, 2.24) is 5.32 Å². The summed E-state index contributed by atoms with van der Waals surface area (Å²) in [5.74, 6) is 0.552. The van der Waals surface area contributed by atoms with Crippen LogP contribution in [-0.2, 0) is 4.79 Å². The van der Waals surface area contributed by atoms with Crippen LogP contribution < -0.4 is 10.1 Å². The van der Waals surface area contributed by atoms with Gasteiger partial charge in [-0.15, -0.1) is 0 Å². The summed E-state index contributed by atoms with van der Waals surface area (Å²) in [7, 11) is 0. The first-order valence-corrected chi connectivity index (χ1v) is 7.82. The average molecular weight is 312 g/mol. The van der Waals surface area contributed by atoms with E-state index >= 15 is 0 Å². The highest BCUT2D eigenvalue weighted by Crippen LogP contribution is 2.23. The fourth-order valence-corrected chi connectivity index (χ4v) is 2.78. The van der Waals surface area contributed by atoms with Gasteiger partial charge in [-0.25, -0.2) is 0 Å². The van der Waals surface area contributed by atoms with Gasteiger partial charge in [0.2, 0.25) is 0 Å². The predicted molar refractivity (Wildman–Crippen MR) is 82.5 cm³/mol. The molecular formula is C16H22ClNO3. The van der Waals surface area contributed by atoms with E-state index in [2.05, 4.69) is 5.32 Å². The molecule has 0 spiro atoms. The minimum atomic E-state index is -0.593. The Morgan fingerprint density at radius 2 is 2.24 bits per heavy atom. The molecule has 5 heteroatoms. The molecule has 1 aliphatic rings. The van der Waals surface area contributed by atoms with E-state index < -0.39 is 6.10 Å². The molecule has 2 rings (SSSR count). The monoisotopic (exact) mass is 311 g/mol. The molecular weight excluding hydrogens is 290 g/mol. The molecule has 3 unspecified atom stereocenters. The van der Waals surface area contributed by atoms with Gasteiger partial charge in [-0.1, -0.05) is 30.5 Å². The summed E-state index contributed by atoms with van der Waals surface area (Å²) in [5.41, 5.74) is 0. The minimum absolute atomic E-state index is 0.154. The lowest BCUT2D eigenvalue weighted by Gasteiger charge is -2.28. The zero-order valence-electron chi connectivity index (χ0n) is 12.2. The lowest BCUT2D eigenvalue weighted by atomic mass is 9.86. The highest BCUT2D eigenvalue weighted by Gasteiger charge is 2.24. The Balaban J connectivity index is 1.79. The van der Waals surface area contributed by atoms with E-state index in [1.165, 1.54) is 0 Å². The normalized spacial score (nSPS) is 23.4. The van der Waals surface area contributed by atoms with Gasteiger partial charge >= 0.3 is 0 Å². The molecule has 1 amide bonds. The van der Waals surface area contributed by atoms with Gasteiger partial charge in [0.25, 0.3) is 5.91 Å². The van der Waals surface area contributed by atoms with E-state index in [9.17, 15) is 9.90 Å². The van der Waals surface area contributed by atoms with Gasteiger partial charge in [0.1, 0.15) is 5.75 Å². The maximum absolute atomic E-state index is 12.0. The number of amides is 1. The highest BCUT2D eigenvalue weighted by molar-refractivity contribution is 6.30. The number of ether oxygens (including phenoxy) is 1. The Hall–Kier alpha value is -1.26. The first-order chi connectivity index (χ1) is 10.1. The lowest BCUT2D eigenvalue weighted by Crippen LogP contribution is -2.42. The summed E-state index contributed by atoms with van der Waals surface area (Å²) in [6.07, 6.45) is 3.08. The Labute approximate surface area is 130 Å². The van der Waals surface area contributed by atoms with Crippen molar-refractivity contribution in [3.8, 4) is 5.75 Å². The van der Waals surface area contributed by atoms with Crippen LogP contribution in [0.1, 0.15) is 32.6 Å². The molecule has 0 aromatic heterocycles. The standard InChI is InChI=1S/C16H22ClNO3/c1-11(21-14-7-4-6-13(17)9-14)16(20)18-10-12-5-2-3-8-15(12)19/h4,6-7,9,11-12,15,19H,2-3,5,8,10H2,1H3,(H,18,20). The second-order valence-electron chi connectivity index (χ2n) is 5.57. The summed E-state index contributed by atoms with van der Waals surface area (Å²) in [6, 6.07) is 6.97. The van der Waals surface area contributed by atoms with E-state index in [0.29, 0.717) is 17.3 Å². The number of rotatable bonds is 5. The smallest absolute Gasteiger partial charge is 0.260 e. The number of halogens is 1. The molecule has 116 valence electrons. The van der Waals surface area contributed by atoms with Crippen molar-refractivity contribution in [2.75, 3.05) is 6.54 Å². The number of carbonyl (C=O) groups is 1. The largest absolute Gasteiger partial charge is 0.481 e. The molecule has 0 radical (unpaired) electrons. The Morgan fingerprint density at radius 1 is 1.48 bits per heavy atom. The average Bonchev–Trinajstić information content (AvgIpc) is 2.46. The van der Waals surface area contributed by atoms with Gasteiger partial charge in [-0.3, -0.25) is 4.79 Å². The van der Waals surface area contributed by atoms with Crippen molar-refractivity contribution in [3.05, 3.63) is 29.3 Å². The number of nitrogens with one attached hydrogen (secondary N) is 1. The van der Waals surface area contributed by atoms with E-state index in [1.807, 2.05) is 0 Å². The van der Waals surface area contributed by atoms with E-state index in [4.69, 9.17) is 16.3 Å². The van der Waals surface area contributed by atoms with Crippen LogP contribution in [-0.4, -0.2) is 29.8 Å². The van der Waals surface area contributed by atoms with Gasteiger partial charge in [0, 0.05) is 17.5 Å². The summed E-state index contributed by atoms with van der Waals surface area (Å²) in [6.45, 7) is 2.21. The van der Waals surface area contributed by atoms with Gasteiger partial charge in [0.15, 0.2) is 6.10 Å². The highest BCUT2D eigenvalue weighted by atomic mass is 35.5. The number of hydrogen-bond donors (Lipinski definition) is 2. The molecule has 3 atom stereocenters. The van der Waals surface area contributed by atoms with Gasteiger partial charge in [-0.05, 0) is 38.0 Å². The third-order valence-corrected chi connectivity index (χ3v) is 4.12. The third-order valence-electron chi connectivity index (χ3n) is 3.89. The first kappa shape index (κ1) is 16.1. The lowest BCUT2D eigenvalue weighted by molar-refractivity contribution is -0.127. The van der Waals surface area contributed by atoms with Crippen molar-refractivity contribution in [2.24, 2.45) is 5.92 Å². The van der Waals surface area contributed by atoms with Crippen LogP contribution in [0.5, 0.6) is 5.75 Å². The fraction of sp³-hybridized carbons (Fsp3) is 0.562. The molecule has 0 heterocycles. The van der Waals surface area contributed by atoms with Gasteiger partial charge in [-0.2, -0.15) is 0 Å². The Morgan fingerprint density at radius 3 is 2.95 bits per heavy atom. The van der Waals surface area contributed by atoms with Crippen LogP contribution >= 0.6 is 11.6 Å². The van der Waals surface area contributed by atoms with Gasteiger partial charge < -0.3 is 15.2 Å². The molecule has 1 aliphatic carbocycles. The molecule has 1 aromatic carbocycles. The maximum Gasteiger partial charge on any atom is 0.260 e. The quantitative estimate of drug-likeness (QED) is 0.879. The van der Waals surface area contributed by atoms with E-state index in [0.717, 1.165) is 25.7 Å². The number of aliphatic hydroxyl groups excluding tert-OH is 1.